The third kappa shape index (κ3) is 2.61. The van der Waals surface area contributed by atoms with E-state index < -0.39 is 5.97 Å². The van der Waals surface area contributed by atoms with Gasteiger partial charge in [0.15, 0.2) is 0 Å². The molecule has 0 radical (unpaired) electrons. The van der Waals surface area contributed by atoms with Crippen LogP contribution in [0.1, 0.15) is 23.7 Å². The molecule has 0 spiro atoms. The molecule has 4 nitrogen and oxygen atoms in total. The van der Waals surface area contributed by atoms with Crippen LogP contribution in [0.5, 0.6) is 0 Å². The number of hydrogen-bond acceptors (Lipinski definition) is 4. The topological polar surface area (TPSA) is 47.6 Å². The second-order valence-electron chi connectivity index (χ2n) is 4.30. The molecule has 1 fully saturated rings. The fourth-order valence-electron chi connectivity index (χ4n) is 2.00. The summed E-state index contributed by atoms with van der Waals surface area (Å²) in [6.45, 7) is 2.60. The predicted octanol–water partition coefficient (Wildman–Crippen LogP) is 2.20. The zero-order valence-corrected chi connectivity index (χ0v) is 10.4. The molecule has 0 aliphatic carbocycles. The number of nitrogens with one attached hydrogen (secondary N) is 1. The Hall–Kier alpha value is -1.62. The molecule has 0 aromatic heterocycles. The monoisotopic (exact) mass is 253 g/mol. The van der Waals surface area contributed by atoms with Crippen molar-refractivity contribution in [3.8, 4) is 0 Å². The van der Waals surface area contributed by atoms with Crippen LogP contribution in [0, 0.1) is 5.82 Å². The minimum atomic E-state index is -0.478. The van der Waals surface area contributed by atoms with Gasteiger partial charge in [0.25, 0.3) is 0 Å². The van der Waals surface area contributed by atoms with Crippen LogP contribution in [0.4, 0.5) is 10.1 Å². The highest BCUT2D eigenvalue weighted by atomic mass is 19.1. The maximum absolute atomic E-state index is 13.7. The number of rotatable bonds is 3. The van der Waals surface area contributed by atoms with Crippen molar-refractivity contribution in [3.05, 3.63) is 29.6 Å². The van der Waals surface area contributed by atoms with Gasteiger partial charge in [-0.3, -0.25) is 0 Å². The average Bonchev–Trinajstić information content (AvgIpc) is 2.77. The molecule has 1 heterocycles. The van der Waals surface area contributed by atoms with Crippen LogP contribution < -0.4 is 5.32 Å². The first kappa shape index (κ1) is 12.8. The molecule has 0 saturated carbocycles. The van der Waals surface area contributed by atoms with Crippen LogP contribution in [-0.2, 0) is 9.47 Å². The smallest absolute Gasteiger partial charge is 0.337 e. The van der Waals surface area contributed by atoms with Gasteiger partial charge in [0, 0.05) is 6.61 Å². The Labute approximate surface area is 105 Å². The van der Waals surface area contributed by atoms with Crippen molar-refractivity contribution < 1.29 is 18.7 Å². The molecule has 0 bridgehead atoms. The summed E-state index contributed by atoms with van der Waals surface area (Å²) in [5.41, 5.74) is 0.633. The van der Waals surface area contributed by atoms with Crippen LogP contribution >= 0.6 is 0 Å². The summed E-state index contributed by atoms with van der Waals surface area (Å²) in [5.74, 6) is -0.865. The van der Waals surface area contributed by atoms with Gasteiger partial charge < -0.3 is 14.8 Å². The molecule has 2 atom stereocenters. The van der Waals surface area contributed by atoms with Gasteiger partial charge in [-0.25, -0.2) is 9.18 Å². The second-order valence-corrected chi connectivity index (χ2v) is 4.30. The summed E-state index contributed by atoms with van der Waals surface area (Å²) in [5, 5.41) is 3.07. The Bertz CT molecular complexity index is 450. The number of hydrogen-bond donors (Lipinski definition) is 1. The van der Waals surface area contributed by atoms with E-state index in [0.29, 0.717) is 17.9 Å². The molecular weight excluding hydrogens is 237 g/mol. The van der Waals surface area contributed by atoms with Gasteiger partial charge in [-0.1, -0.05) is 0 Å². The molecule has 1 aliphatic rings. The Morgan fingerprint density at radius 2 is 2.33 bits per heavy atom. The lowest BCUT2D eigenvalue weighted by atomic mass is 10.1. The molecule has 0 amide bonds. The number of benzene rings is 1. The molecule has 18 heavy (non-hydrogen) atoms. The zero-order chi connectivity index (χ0) is 13.1. The van der Waals surface area contributed by atoms with Gasteiger partial charge >= 0.3 is 5.97 Å². The number of anilines is 1. The van der Waals surface area contributed by atoms with Gasteiger partial charge in [0.05, 0.1) is 30.5 Å². The molecule has 98 valence electrons. The third-order valence-corrected chi connectivity index (χ3v) is 3.10. The van der Waals surface area contributed by atoms with E-state index >= 15 is 0 Å². The van der Waals surface area contributed by atoms with Crippen molar-refractivity contribution in [1.82, 2.24) is 0 Å². The SMILES string of the molecule is COC(=O)c1ccc(F)c(NC2CCOC2C)c1. The van der Waals surface area contributed by atoms with Gasteiger partial charge in [-0.05, 0) is 31.5 Å². The first-order chi connectivity index (χ1) is 8.61. The van der Waals surface area contributed by atoms with E-state index in [2.05, 4.69) is 10.1 Å². The lowest BCUT2D eigenvalue weighted by molar-refractivity contribution is 0.0600. The third-order valence-electron chi connectivity index (χ3n) is 3.10. The Balaban J connectivity index is 2.18. The number of esters is 1. The number of carbonyl (C=O) groups is 1. The first-order valence-corrected chi connectivity index (χ1v) is 5.88. The molecular formula is C13H16FNO3. The summed E-state index contributed by atoms with van der Waals surface area (Å²) < 4.78 is 23.7. The van der Waals surface area contributed by atoms with Crippen LogP contribution in [0.25, 0.3) is 0 Å². The van der Waals surface area contributed by atoms with Crippen molar-refractivity contribution in [2.45, 2.75) is 25.5 Å². The van der Waals surface area contributed by atoms with Crippen molar-refractivity contribution in [3.63, 3.8) is 0 Å². The Morgan fingerprint density at radius 3 is 2.94 bits per heavy atom. The van der Waals surface area contributed by atoms with E-state index in [-0.39, 0.29) is 18.0 Å². The van der Waals surface area contributed by atoms with E-state index in [9.17, 15) is 9.18 Å². The highest BCUT2D eigenvalue weighted by Gasteiger charge is 2.25. The summed E-state index contributed by atoms with van der Waals surface area (Å²) in [6, 6.07) is 4.19. The maximum atomic E-state index is 13.7. The minimum absolute atomic E-state index is 0.0335. The molecule has 1 saturated heterocycles. The second kappa shape index (κ2) is 5.35. The fourth-order valence-corrected chi connectivity index (χ4v) is 2.00. The highest BCUT2D eigenvalue weighted by Crippen LogP contribution is 2.22. The van der Waals surface area contributed by atoms with Crippen LogP contribution in [0.2, 0.25) is 0 Å². The number of halogens is 1. The van der Waals surface area contributed by atoms with Gasteiger partial charge in [0.2, 0.25) is 0 Å². The zero-order valence-electron chi connectivity index (χ0n) is 10.4. The summed E-state index contributed by atoms with van der Waals surface area (Å²) in [4.78, 5) is 11.4. The van der Waals surface area contributed by atoms with Crippen molar-refractivity contribution >= 4 is 11.7 Å². The van der Waals surface area contributed by atoms with Crippen molar-refractivity contribution in [2.75, 3.05) is 19.0 Å². The normalized spacial score (nSPS) is 22.8. The summed E-state index contributed by atoms with van der Waals surface area (Å²) in [7, 11) is 1.30. The molecule has 1 N–H and O–H groups in total. The predicted molar refractivity (Wildman–Crippen MR) is 65.2 cm³/mol. The Kier molecular flexibility index (Phi) is 3.81. The minimum Gasteiger partial charge on any atom is -0.465 e. The molecule has 2 unspecified atom stereocenters. The van der Waals surface area contributed by atoms with E-state index in [1.54, 1.807) is 0 Å². The van der Waals surface area contributed by atoms with Crippen LogP contribution in [-0.4, -0.2) is 31.8 Å². The maximum Gasteiger partial charge on any atom is 0.337 e. The largest absolute Gasteiger partial charge is 0.465 e. The van der Waals surface area contributed by atoms with Crippen LogP contribution in [0.15, 0.2) is 18.2 Å². The van der Waals surface area contributed by atoms with Gasteiger partial charge in [0.1, 0.15) is 5.82 Å². The number of ether oxygens (including phenoxy) is 2. The standard InChI is InChI=1S/C13H16FNO3/c1-8-11(5-6-18-8)15-12-7-9(13(16)17-2)3-4-10(12)14/h3-4,7-8,11,15H,5-6H2,1-2H3. The fraction of sp³-hybridized carbons (Fsp3) is 0.462. The molecule has 1 aromatic rings. The molecule has 1 aliphatic heterocycles. The summed E-state index contributed by atoms with van der Waals surface area (Å²) in [6.07, 6.45) is 0.856. The molecule has 1 aromatic carbocycles. The quantitative estimate of drug-likeness (QED) is 0.839. The highest BCUT2D eigenvalue weighted by molar-refractivity contribution is 5.90. The van der Waals surface area contributed by atoms with E-state index in [1.165, 1.54) is 25.3 Å². The summed E-state index contributed by atoms with van der Waals surface area (Å²) >= 11 is 0. The van der Waals surface area contributed by atoms with Crippen molar-refractivity contribution in [2.24, 2.45) is 0 Å². The number of methoxy groups -OCH3 is 1. The van der Waals surface area contributed by atoms with E-state index in [1.807, 2.05) is 6.92 Å². The van der Waals surface area contributed by atoms with Gasteiger partial charge in [-0.2, -0.15) is 0 Å². The van der Waals surface area contributed by atoms with Crippen LogP contribution in [0.3, 0.4) is 0 Å². The number of carbonyl (C=O) groups excluding carboxylic acids is 1. The van der Waals surface area contributed by atoms with Crippen molar-refractivity contribution in [1.29, 1.82) is 0 Å². The van der Waals surface area contributed by atoms with Gasteiger partial charge in [-0.15, -0.1) is 0 Å². The van der Waals surface area contributed by atoms with E-state index in [0.717, 1.165) is 6.42 Å². The average molecular weight is 253 g/mol. The lowest BCUT2D eigenvalue weighted by Gasteiger charge is -2.18. The first-order valence-electron chi connectivity index (χ1n) is 5.88. The Morgan fingerprint density at radius 1 is 1.56 bits per heavy atom. The lowest BCUT2D eigenvalue weighted by Crippen LogP contribution is -2.27. The molecule has 5 heteroatoms. The molecule has 2 rings (SSSR count). The van der Waals surface area contributed by atoms with E-state index in [4.69, 9.17) is 4.74 Å².